The van der Waals surface area contributed by atoms with E-state index >= 15 is 0 Å². The zero-order valence-corrected chi connectivity index (χ0v) is 12.1. The number of aliphatic hydroxyl groups excluding tert-OH is 1. The minimum absolute atomic E-state index is 0.0634. The molecular weight excluding hydrogens is 264 g/mol. The van der Waals surface area contributed by atoms with Crippen LogP contribution in [0.25, 0.3) is 0 Å². The van der Waals surface area contributed by atoms with Crippen LogP contribution in [0.4, 0.5) is 0 Å². The summed E-state index contributed by atoms with van der Waals surface area (Å²) in [6.45, 7) is 2.18. The van der Waals surface area contributed by atoms with Crippen LogP contribution in [0, 0.1) is 6.92 Å². The van der Waals surface area contributed by atoms with Crippen molar-refractivity contribution < 1.29 is 9.90 Å². The van der Waals surface area contributed by atoms with Gasteiger partial charge in [-0.15, -0.1) is 0 Å². The Hall–Kier alpha value is -2.20. The van der Waals surface area contributed by atoms with Crippen LogP contribution < -0.4 is 5.32 Å². The number of benzene rings is 1. The maximum absolute atomic E-state index is 11.8. The van der Waals surface area contributed by atoms with E-state index in [2.05, 4.69) is 10.3 Å². The second-order valence-electron chi connectivity index (χ2n) is 5.04. The van der Waals surface area contributed by atoms with Gasteiger partial charge in [-0.25, -0.2) is 0 Å². The Kier molecular flexibility index (Phi) is 5.46. The first-order valence-corrected chi connectivity index (χ1v) is 7.06. The molecule has 0 fully saturated rings. The molecule has 0 spiro atoms. The maximum atomic E-state index is 11.8. The van der Waals surface area contributed by atoms with Gasteiger partial charge in [0.1, 0.15) is 0 Å². The van der Waals surface area contributed by atoms with Gasteiger partial charge in [0.25, 0.3) is 0 Å². The standard InChI is InChI=1S/C17H20N2O2/c1-13-5-2-3-7-15(13)16(20)12-19-17(21)9-8-14-6-4-10-18-11-14/h2-7,10-11,16,20H,8-9,12H2,1H3,(H,19,21). The molecule has 1 amide bonds. The predicted molar refractivity (Wildman–Crippen MR) is 81.7 cm³/mol. The van der Waals surface area contributed by atoms with Crippen molar-refractivity contribution in [3.05, 3.63) is 65.5 Å². The van der Waals surface area contributed by atoms with Gasteiger partial charge in [0.05, 0.1) is 6.10 Å². The number of aliphatic hydroxyl groups is 1. The van der Waals surface area contributed by atoms with Crippen LogP contribution in [-0.4, -0.2) is 22.5 Å². The van der Waals surface area contributed by atoms with Gasteiger partial charge in [-0.2, -0.15) is 0 Å². The Morgan fingerprint density at radius 2 is 2.10 bits per heavy atom. The molecule has 0 aliphatic carbocycles. The van der Waals surface area contributed by atoms with E-state index in [0.717, 1.165) is 16.7 Å². The van der Waals surface area contributed by atoms with E-state index in [4.69, 9.17) is 0 Å². The number of carbonyl (C=O) groups excluding carboxylic acids is 1. The van der Waals surface area contributed by atoms with E-state index in [-0.39, 0.29) is 12.5 Å². The fourth-order valence-corrected chi connectivity index (χ4v) is 2.17. The highest BCUT2D eigenvalue weighted by atomic mass is 16.3. The van der Waals surface area contributed by atoms with Crippen molar-refractivity contribution in [2.24, 2.45) is 0 Å². The normalized spacial score (nSPS) is 11.9. The summed E-state index contributed by atoms with van der Waals surface area (Å²) in [7, 11) is 0. The summed E-state index contributed by atoms with van der Waals surface area (Å²) < 4.78 is 0. The maximum Gasteiger partial charge on any atom is 0.220 e. The van der Waals surface area contributed by atoms with E-state index in [1.54, 1.807) is 12.4 Å². The number of hydrogen-bond acceptors (Lipinski definition) is 3. The second kappa shape index (κ2) is 7.55. The number of nitrogens with zero attached hydrogens (tertiary/aromatic N) is 1. The third-order valence-electron chi connectivity index (χ3n) is 3.40. The first-order valence-electron chi connectivity index (χ1n) is 7.06. The first kappa shape index (κ1) is 15.2. The largest absolute Gasteiger partial charge is 0.387 e. The quantitative estimate of drug-likeness (QED) is 0.854. The zero-order valence-electron chi connectivity index (χ0n) is 12.1. The highest BCUT2D eigenvalue weighted by Gasteiger charge is 2.11. The second-order valence-corrected chi connectivity index (χ2v) is 5.04. The van der Waals surface area contributed by atoms with E-state index in [1.807, 2.05) is 43.3 Å². The minimum atomic E-state index is -0.673. The lowest BCUT2D eigenvalue weighted by Gasteiger charge is -2.14. The highest BCUT2D eigenvalue weighted by molar-refractivity contribution is 5.76. The lowest BCUT2D eigenvalue weighted by Crippen LogP contribution is -2.28. The molecule has 0 saturated heterocycles. The molecule has 4 heteroatoms. The van der Waals surface area contributed by atoms with Crippen LogP contribution in [0.5, 0.6) is 0 Å². The number of nitrogens with one attached hydrogen (secondary N) is 1. The van der Waals surface area contributed by atoms with E-state index in [1.165, 1.54) is 0 Å². The number of pyridine rings is 1. The molecule has 110 valence electrons. The molecule has 1 aromatic heterocycles. The van der Waals surface area contributed by atoms with Crippen molar-refractivity contribution >= 4 is 5.91 Å². The molecule has 2 rings (SSSR count). The Bertz CT molecular complexity index is 584. The molecule has 0 radical (unpaired) electrons. The van der Waals surface area contributed by atoms with Gasteiger partial charge in [0, 0.05) is 25.4 Å². The summed E-state index contributed by atoms with van der Waals surface area (Å²) in [5.41, 5.74) is 2.91. The van der Waals surface area contributed by atoms with E-state index < -0.39 is 6.10 Å². The molecule has 1 aromatic carbocycles. The summed E-state index contributed by atoms with van der Waals surface area (Å²) >= 11 is 0. The molecule has 2 aromatic rings. The number of aryl methyl sites for hydroxylation is 2. The molecule has 4 nitrogen and oxygen atoms in total. The summed E-state index contributed by atoms with van der Waals surface area (Å²) in [4.78, 5) is 15.8. The average molecular weight is 284 g/mol. The topological polar surface area (TPSA) is 62.2 Å². The number of amides is 1. The van der Waals surface area contributed by atoms with Crippen molar-refractivity contribution in [2.45, 2.75) is 25.9 Å². The zero-order chi connectivity index (χ0) is 15.1. The van der Waals surface area contributed by atoms with Crippen LogP contribution >= 0.6 is 0 Å². The third kappa shape index (κ3) is 4.68. The minimum Gasteiger partial charge on any atom is -0.387 e. The van der Waals surface area contributed by atoms with Gasteiger partial charge in [0.15, 0.2) is 0 Å². The molecule has 1 atom stereocenters. The summed E-state index contributed by atoms with van der Waals surface area (Å²) in [6.07, 6.45) is 3.85. The first-order chi connectivity index (χ1) is 10.2. The van der Waals surface area contributed by atoms with Crippen molar-refractivity contribution in [3.63, 3.8) is 0 Å². The van der Waals surface area contributed by atoms with E-state index in [0.29, 0.717) is 12.8 Å². The molecule has 0 saturated carbocycles. The smallest absolute Gasteiger partial charge is 0.220 e. The molecule has 2 N–H and O–H groups in total. The molecule has 1 heterocycles. The number of rotatable bonds is 6. The lowest BCUT2D eigenvalue weighted by molar-refractivity contribution is -0.121. The molecule has 0 aliphatic rings. The summed E-state index contributed by atoms with van der Waals surface area (Å²) in [5, 5.41) is 12.9. The fraction of sp³-hybridized carbons (Fsp3) is 0.294. The van der Waals surface area contributed by atoms with Crippen molar-refractivity contribution in [1.29, 1.82) is 0 Å². The summed E-state index contributed by atoms with van der Waals surface area (Å²) in [5.74, 6) is -0.0634. The van der Waals surface area contributed by atoms with Gasteiger partial charge in [0.2, 0.25) is 5.91 Å². The monoisotopic (exact) mass is 284 g/mol. The third-order valence-corrected chi connectivity index (χ3v) is 3.40. The van der Waals surface area contributed by atoms with Crippen LogP contribution in [0.3, 0.4) is 0 Å². The Labute approximate surface area is 124 Å². The Morgan fingerprint density at radius 1 is 1.29 bits per heavy atom. The van der Waals surface area contributed by atoms with Crippen molar-refractivity contribution in [1.82, 2.24) is 10.3 Å². The number of aromatic nitrogens is 1. The SMILES string of the molecule is Cc1ccccc1C(O)CNC(=O)CCc1cccnc1. The van der Waals surface area contributed by atoms with Crippen LogP contribution in [-0.2, 0) is 11.2 Å². The molecule has 0 aliphatic heterocycles. The number of carbonyl (C=O) groups is 1. The van der Waals surface area contributed by atoms with Gasteiger partial charge in [-0.05, 0) is 36.1 Å². The molecule has 1 unspecified atom stereocenters. The van der Waals surface area contributed by atoms with Crippen molar-refractivity contribution in [3.8, 4) is 0 Å². The fourth-order valence-electron chi connectivity index (χ4n) is 2.17. The summed E-state index contributed by atoms with van der Waals surface area (Å²) in [6, 6.07) is 11.4. The highest BCUT2D eigenvalue weighted by Crippen LogP contribution is 2.16. The van der Waals surface area contributed by atoms with Gasteiger partial charge in [-0.1, -0.05) is 30.3 Å². The Morgan fingerprint density at radius 3 is 2.81 bits per heavy atom. The molecule has 0 bridgehead atoms. The number of hydrogen-bond donors (Lipinski definition) is 2. The van der Waals surface area contributed by atoms with Crippen molar-refractivity contribution in [2.75, 3.05) is 6.54 Å². The van der Waals surface area contributed by atoms with Gasteiger partial charge < -0.3 is 10.4 Å². The van der Waals surface area contributed by atoms with Gasteiger partial charge >= 0.3 is 0 Å². The van der Waals surface area contributed by atoms with Crippen LogP contribution in [0.1, 0.15) is 29.2 Å². The Balaban J connectivity index is 1.77. The predicted octanol–water partition coefficient (Wildman–Crippen LogP) is 2.17. The lowest BCUT2D eigenvalue weighted by atomic mass is 10.0. The average Bonchev–Trinajstić information content (AvgIpc) is 2.52. The molecule has 21 heavy (non-hydrogen) atoms. The van der Waals surface area contributed by atoms with Gasteiger partial charge in [-0.3, -0.25) is 9.78 Å². The van der Waals surface area contributed by atoms with E-state index in [9.17, 15) is 9.90 Å². The van der Waals surface area contributed by atoms with Crippen LogP contribution in [0.15, 0.2) is 48.8 Å². The van der Waals surface area contributed by atoms with Crippen LogP contribution in [0.2, 0.25) is 0 Å². The molecular formula is C17H20N2O2.